The summed E-state index contributed by atoms with van der Waals surface area (Å²) in [6, 6.07) is 0. The van der Waals surface area contributed by atoms with Crippen molar-refractivity contribution in [3.8, 4) is 0 Å². The van der Waals surface area contributed by atoms with E-state index in [4.69, 9.17) is 0 Å². The van der Waals surface area contributed by atoms with Gasteiger partial charge >= 0.3 is 0 Å². The van der Waals surface area contributed by atoms with Gasteiger partial charge in [-0.1, -0.05) is 13.8 Å². The molecule has 3 nitrogen and oxygen atoms in total. The summed E-state index contributed by atoms with van der Waals surface area (Å²) in [5, 5.41) is 3.44. The Labute approximate surface area is 48.8 Å². The van der Waals surface area contributed by atoms with Gasteiger partial charge in [0.25, 0.3) is 0 Å². The van der Waals surface area contributed by atoms with Gasteiger partial charge in [-0.15, -0.1) is 0 Å². The topological polar surface area (TPSA) is 41.5 Å². The predicted octanol–water partition coefficient (Wildman–Crippen LogP) is 0.518. The number of nitrogens with one attached hydrogen (secondary N) is 1. The van der Waals surface area contributed by atoms with E-state index in [1.165, 1.54) is 0 Å². The van der Waals surface area contributed by atoms with Crippen molar-refractivity contribution in [1.82, 2.24) is 5.43 Å². The van der Waals surface area contributed by atoms with Crippen LogP contribution in [0.2, 0.25) is 0 Å². The Hall–Kier alpha value is -0.860. The Kier molecular flexibility index (Phi) is 3.84. The van der Waals surface area contributed by atoms with Gasteiger partial charge in [0.05, 0.1) is 6.42 Å². The average Bonchev–Trinajstić information content (AvgIpc) is 2.24. The largest absolute Gasteiger partial charge is 0.273 e. The molecular formula is C5H10N2O. The molecule has 1 aliphatic heterocycles. The van der Waals surface area contributed by atoms with Crippen molar-refractivity contribution in [2.45, 2.75) is 20.3 Å². The number of amides is 1. The zero-order valence-electron chi connectivity index (χ0n) is 5.14. The van der Waals surface area contributed by atoms with Crippen LogP contribution in [-0.2, 0) is 4.79 Å². The van der Waals surface area contributed by atoms with Crippen LogP contribution in [-0.4, -0.2) is 12.1 Å². The van der Waals surface area contributed by atoms with Crippen LogP contribution in [0.1, 0.15) is 20.3 Å². The first-order valence-corrected chi connectivity index (χ1v) is 2.70. The number of carbonyl (C=O) groups excluding carboxylic acids is 1. The summed E-state index contributed by atoms with van der Waals surface area (Å²) in [5.74, 6) is -0.0185. The van der Waals surface area contributed by atoms with Gasteiger partial charge in [-0.3, -0.25) is 4.79 Å². The number of hydrogen-bond acceptors (Lipinski definition) is 2. The first-order chi connectivity index (χ1) is 3.89. The highest BCUT2D eigenvalue weighted by Gasteiger charge is 1.99. The minimum Gasteiger partial charge on any atom is -0.273 e. The normalized spacial score (nSPS) is 14.5. The molecule has 0 saturated carbocycles. The first kappa shape index (κ1) is 7.14. The fourth-order valence-electron chi connectivity index (χ4n) is 0.292. The van der Waals surface area contributed by atoms with Crippen molar-refractivity contribution in [2.75, 3.05) is 0 Å². The number of carbonyl (C=O) groups is 1. The molecule has 1 rings (SSSR count). The fourth-order valence-corrected chi connectivity index (χ4v) is 0.292. The summed E-state index contributed by atoms with van der Waals surface area (Å²) < 4.78 is 0. The predicted molar refractivity (Wildman–Crippen MR) is 32.6 cm³/mol. The minimum atomic E-state index is -0.0185. The summed E-state index contributed by atoms with van der Waals surface area (Å²) in [5.41, 5.74) is 2.25. The molecule has 0 atom stereocenters. The van der Waals surface area contributed by atoms with Gasteiger partial charge < -0.3 is 0 Å². The highest BCUT2D eigenvalue weighted by atomic mass is 16.2. The van der Waals surface area contributed by atoms with E-state index >= 15 is 0 Å². The molecule has 0 bridgehead atoms. The Morgan fingerprint density at radius 1 is 1.75 bits per heavy atom. The second kappa shape index (κ2) is 4.30. The van der Waals surface area contributed by atoms with E-state index in [1.807, 2.05) is 13.8 Å². The van der Waals surface area contributed by atoms with Crippen molar-refractivity contribution in [3.63, 3.8) is 0 Å². The average molecular weight is 114 g/mol. The van der Waals surface area contributed by atoms with Crippen LogP contribution in [0.4, 0.5) is 0 Å². The molecule has 8 heavy (non-hydrogen) atoms. The van der Waals surface area contributed by atoms with Crippen LogP contribution in [0, 0.1) is 0 Å². The molecule has 0 aromatic carbocycles. The quantitative estimate of drug-likeness (QED) is 0.490. The van der Waals surface area contributed by atoms with E-state index in [-0.39, 0.29) is 5.91 Å². The molecule has 1 heterocycles. The van der Waals surface area contributed by atoms with Crippen molar-refractivity contribution < 1.29 is 4.79 Å². The minimum absolute atomic E-state index is 0.0185. The first-order valence-electron chi connectivity index (χ1n) is 2.70. The smallest absolute Gasteiger partial charge is 0.245 e. The summed E-state index contributed by atoms with van der Waals surface area (Å²) in [4.78, 5) is 10.0. The van der Waals surface area contributed by atoms with Gasteiger partial charge in [-0.25, -0.2) is 5.43 Å². The maximum Gasteiger partial charge on any atom is 0.245 e. The molecule has 1 N–H and O–H groups in total. The van der Waals surface area contributed by atoms with E-state index in [0.29, 0.717) is 6.42 Å². The molecular weight excluding hydrogens is 104 g/mol. The lowest BCUT2D eigenvalue weighted by atomic mass is 10.5. The molecule has 46 valence electrons. The molecule has 0 aromatic heterocycles. The summed E-state index contributed by atoms with van der Waals surface area (Å²) in [6.07, 6.45) is 1.99. The zero-order chi connectivity index (χ0) is 6.41. The van der Waals surface area contributed by atoms with E-state index in [9.17, 15) is 4.79 Å². The lowest BCUT2D eigenvalue weighted by Crippen LogP contribution is -2.08. The molecule has 0 aliphatic carbocycles. The third-order valence-electron chi connectivity index (χ3n) is 0.557. The Balaban J connectivity index is 0.000000222. The number of hydrazone groups is 1. The second-order valence-electron chi connectivity index (χ2n) is 1.05. The van der Waals surface area contributed by atoms with E-state index in [1.54, 1.807) is 6.21 Å². The lowest BCUT2D eigenvalue weighted by Gasteiger charge is -1.77. The maximum atomic E-state index is 10.0. The molecule has 1 amide bonds. The van der Waals surface area contributed by atoms with Crippen LogP contribution in [0.3, 0.4) is 0 Å². The molecule has 1 aliphatic rings. The monoisotopic (exact) mass is 114 g/mol. The molecule has 0 unspecified atom stereocenters. The Morgan fingerprint density at radius 3 is 2.50 bits per heavy atom. The molecule has 0 spiro atoms. The van der Waals surface area contributed by atoms with Crippen molar-refractivity contribution in [3.05, 3.63) is 0 Å². The van der Waals surface area contributed by atoms with Crippen molar-refractivity contribution in [2.24, 2.45) is 5.10 Å². The van der Waals surface area contributed by atoms with Gasteiger partial charge in [-0.05, 0) is 0 Å². The summed E-state index contributed by atoms with van der Waals surface area (Å²) >= 11 is 0. The van der Waals surface area contributed by atoms with Gasteiger partial charge in [-0.2, -0.15) is 5.10 Å². The molecule has 0 radical (unpaired) electrons. The van der Waals surface area contributed by atoms with Gasteiger partial charge in [0.15, 0.2) is 0 Å². The standard InChI is InChI=1S/C3H4N2O.C2H6/c6-3-1-2-4-5-3;1-2/h2H,1H2,(H,5,6);1-2H3. The highest BCUT2D eigenvalue weighted by Crippen LogP contribution is 1.79. The number of nitrogens with zero attached hydrogens (tertiary/aromatic N) is 1. The van der Waals surface area contributed by atoms with Crippen LogP contribution >= 0.6 is 0 Å². The number of rotatable bonds is 0. The maximum absolute atomic E-state index is 10.0. The van der Waals surface area contributed by atoms with E-state index in [0.717, 1.165) is 0 Å². The molecule has 0 aromatic rings. The van der Waals surface area contributed by atoms with Crippen LogP contribution in [0.25, 0.3) is 0 Å². The zero-order valence-corrected chi connectivity index (χ0v) is 5.14. The number of hydrogen-bond donors (Lipinski definition) is 1. The van der Waals surface area contributed by atoms with Crippen LogP contribution in [0.15, 0.2) is 5.10 Å². The Bertz CT molecular complexity index is 88.6. The van der Waals surface area contributed by atoms with Gasteiger partial charge in [0.1, 0.15) is 0 Å². The van der Waals surface area contributed by atoms with E-state index in [2.05, 4.69) is 10.5 Å². The molecule has 0 saturated heterocycles. The SMILES string of the molecule is CC.O=C1CC=NN1. The fraction of sp³-hybridized carbons (Fsp3) is 0.600. The highest BCUT2D eigenvalue weighted by molar-refractivity contribution is 5.93. The van der Waals surface area contributed by atoms with Crippen LogP contribution < -0.4 is 5.43 Å². The lowest BCUT2D eigenvalue weighted by molar-refractivity contribution is -0.119. The summed E-state index contributed by atoms with van der Waals surface area (Å²) in [7, 11) is 0. The second-order valence-corrected chi connectivity index (χ2v) is 1.05. The van der Waals surface area contributed by atoms with E-state index < -0.39 is 0 Å². The van der Waals surface area contributed by atoms with Crippen molar-refractivity contribution >= 4 is 12.1 Å². The third kappa shape index (κ3) is 2.34. The Morgan fingerprint density at radius 2 is 2.38 bits per heavy atom. The van der Waals surface area contributed by atoms with Gasteiger partial charge in [0, 0.05) is 6.21 Å². The summed E-state index contributed by atoms with van der Waals surface area (Å²) in [6.45, 7) is 4.00. The molecule has 0 fully saturated rings. The third-order valence-corrected chi connectivity index (χ3v) is 0.557. The van der Waals surface area contributed by atoms with Gasteiger partial charge in [0.2, 0.25) is 5.91 Å². The van der Waals surface area contributed by atoms with Crippen LogP contribution in [0.5, 0.6) is 0 Å². The van der Waals surface area contributed by atoms with Crippen molar-refractivity contribution in [1.29, 1.82) is 0 Å². The molecule has 3 heteroatoms.